The van der Waals surface area contributed by atoms with Gasteiger partial charge >= 0.3 is 5.69 Å². The van der Waals surface area contributed by atoms with E-state index in [4.69, 9.17) is 0 Å². The molecule has 0 aliphatic rings. The van der Waals surface area contributed by atoms with Gasteiger partial charge in [0.1, 0.15) is 5.52 Å². The van der Waals surface area contributed by atoms with Crippen molar-refractivity contribution in [2.75, 3.05) is 6.26 Å². The summed E-state index contributed by atoms with van der Waals surface area (Å²) in [6.07, 6.45) is 2.39. The average Bonchev–Trinajstić information content (AvgIpc) is 3.00. The quantitative estimate of drug-likeness (QED) is 0.441. The monoisotopic (exact) mass is 484 g/mol. The number of pyridine rings is 1. The van der Waals surface area contributed by atoms with Crippen LogP contribution < -0.4 is 5.69 Å². The van der Waals surface area contributed by atoms with E-state index < -0.39 is 21.1 Å². The van der Waals surface area contributed by atoms with Crippen molar-refractivity contribution in [2.24, 2.45) is 0 Å². The lowest BCUT2D eigenvalue weighted by Crippen LogP contribution is -2.28. The largest absolute Gasteiger partial charge is 0.347 e. The van der Waals surface area contributed by atoms with Gasteiger partial charge in [0, 0.05) is 9.86 Å². The van der Waals surface area contributed by atoms with Crippen LogP contribution >= 0.6 is 15.9 Å². The van der Waals surface area contributed by atoms with Gasteiger partial charge in [0.25, 0.3) is 0 Å². The Bertz CT molecular complexity index is 1530. The summed E-state index contributed by atoms with van der Waals surface area (Å²) >= 11 is 3.43. The Hall–Kier alpha value is -2.96. The Morgan fingerprint density at radius 2 is 1.80 bits per heavy atom. The molecule has 0 amide bonds. The second-order valence-corrected chi connectivity index (χ2v) is 10.3. The third-order valence-corrected chi connectivity index (χ3v) is 6.56. The normalized spacial score (nSPS) is 12.4. The van der Waals surface area contributed by atoms with E-state index in [0.29, 0.717) is 22.1 Å². The van der Waals surface area contributed by atoms with Crippen LogP contribution in [0.1, 0.15) is 19.4 Å². The van der Waals surface area contributed by atoms with Gasteiger partial charge in [-0.2, -0.15) is 9.23 Å². The molecule has 0 atom stereocenters. The van der Waals surface area contributed by atoms with Gasteiger partial charge in [-0.05, 0) is 49.7 Å². The maximum atomic E-state index is 13.3. The Balaban J connectivity index is 2.14. The van der Waals surface area contributed by atoms with Crippen LogP contribution in [0, 0.1) is 11.3 Å². The van der Waals surface area contributed by atoms with Crippen LogP contribution in [0.2, 0.25) is 0 Å². The fourth-order valence-electron chi connectivity index (χ4n) is 3.47. The molecule has 9 heteroatoms. The zero-order valence-corrected chi connectivity index (χ0v) is 18.8. The van der Waals surface area contributed by atoms with Crippen molar-refractivity contribution < 1.29 is 8.42 Å². The first kappa shape index (κ1) is 20.3. The van der Waals surface area contributed by atoms with Crippen molar-refractivity contribution in [2.45, 2.75) is 19.3 Å². The zero-order chi connectivity index (χ0) is 21.8. The van der Waals surface area contributed by atoms with E-state index in [1.165, 1.54) is 10.8 Å². The second kappa shape index (κ2) is 6.79. The minimum Gasteiger partial charge on any atom is -0.259 e. The lowest BCUT2D eigenvalue weighted by Gasteiger charge is -2.16. The predicted molar refractivity (Wildman–Crippen MR) is 119 cm³/mol. The lowest BCUT2D eigenvalue weighted by atomic mass is 9.86. The second-order valence-electron chi connectivity index (χ2n) is 7.58. The van der Waals surface area contributed by atoms with Crippen molar-refractivity contribution in [3.8, 4) is 11.8 Å². The third-order valence-electron chi connectivity index (χ3n) is 5.05. The van der Waals surface area contributed by atoms with Crippen molar-refractivity contribution in [1.82, 2.24) is 13.5 Å². The highest BCUT2D eigenvalue weighted by atomic mass is 79.9. The summed E-state index contributed by atoms with van der Waals surface area (Å²) in [5.41, 5.74) is 1.19. The van der Waals surface area contributed by atoms with Crippen LogP contribution in [-0.4, -0.2) is 28.2 Å². The maximum absolute atomic E-state index is 13.3. The third kappa shape index (κ3) is 3.13. The molecule has 0 aliphatic carbocycles. The van der Waals surface area contributed by atoms with E-state index in [1.54, 1.807) is 50.2 Å². The molecule has 152 valence electrons. The van der Waals surface area contributed by atoms with Crippen molar-refractivity contribution in [1.29, 1.82) is 5.26 Å². The zero-order valence-electron chi connectivity index (χ0n) is 16.4. The maximum Gasteiger partial charge on any atom is 0.347 e. The number of hydrogen-bond donors (Lipinski definition) is 0. The van der Waals surface area contributed by atoms with Crippen molar-refractivity contribution in [3.63, 3.8) is 0 Å². The number of fused-ring (bicyclic) bond motifs is 3. The number of aromatic nitrogens is 3. The molecule has 2 aromatic carbocycles. The summed E-state index contributed by atoms with van der Waals surface area (Å²) in [6.45, 7) is 3.61. The van der Waals surface area contributed by atoms with Gasteiger partial charge in [-0.25, -0.2) is 13.2 Å². The summed E-state index contributed by atoms with van der Waals surface area (Å²) < 4.78 is 27.7. The number of imidazole rings is 1. The molecule has 4 rings (SSSR count). The molecule has 0 unspecified atom stereocenters. The Labute approximate surface area is 181 Å². The standard InChI is InChI=1S/C21H17BrN4O3S/c1-21(2,12-23)13-4-7-15(8-5-13)25-19-16-10-14(22)6-9-17(16)24-11-18(19)26(20(25)27)30(3,28)29/h4-11H,1-3H3. The predicted octanol–water partition coefficient (Wildman–Crippen LogP) is 3.71. The Kier molecular flexibility index (Phi) is 4.60. The molecule has 0 saturated heterocycles. The molecular formula is C21H17BrN4O3S. The van der Waals surface area contributed by atoms with Gasteiger partial charge in [-0.15, -0.1) is 0 Å². The van der Waals surface area contributed by atoms with Crippen molar-refractivity contribution >= 4 is 47.9 Å². The lowest BCUT2D eigenvalue weighted by molar-refractivity contribution is 0.592. The molecule has 0 radical (unpaired) electrons. The van der Waals surface area contributed by atoms with Gasteiger partial charge in [0.15, 0.2) is 0 Å². The van der Waals surface area contributed by atoms with Crippen LogP contribution in [-0.2, 0) is 15.4 Å². The molecule has 4 aromatic rings. The van der Waals surface area contributed by atoms with E-state index >= 15 is 0 Å². The van der Waals surface area contributed by atoms with Crippen LogP contribution in [0.4, 0.5) is 0 Å². The molecule has 2 aromatic heterocycles. The molecule has 7 nitrogen and oxygen atoms in total. The Morgan fingerprint density at radius 1 is 1.13 bits per heavy atom. The van der Waals surface area contributed by atoms with E-state index in [2.05, 4.69) is 27.0 Å². The number of nitriles is 1. The van der Waals surface area contributed by atoms with Gasteiger partial charge in [-0.1, -0.05) is 28.1 Å². The highest BCUT2D eigenvalue weighted by molar-refractivity contribution is 9.10. The molecule has 30 heavy (non-hydrogen) atoms. The summed E-state index contributed by atoms with van der Waals surface area (Å²) in [4.78, 5) is 17.6. The van der Waals surface area contributed by atoms with E-state index in [1.807, 2.05) is 6.07 Å². The van der Waals surface area contributed by atoms with Gasteiger partial charge in [-0.3, -0.25) is 9.55 Å². The molecule has 0 N–H and O–H groups in total. The van der Waals surface area contributed by atoms with Gasteiger partial charge in [0.2, 0.25) is 10.0 Å². The number of hydrogen-bond acceptors (Lipinski definition) is 5. The van der Waals surface area contributed by atoms with E-state index in [9.17, 15) is 18.5 Å². The topological polar surface area (TPSA) is 97.7 Å². The average molecular weight is 485 g/mol. The summed E-state index contributed by atoms with van der Waals surface area (Å²) in [7, 11) is -3.87. The minimum absolute atomic E-state index is 0.203. The van der Waals surface area contributed by atoms with Crippen LogP contribution in [0.15, 0.2) is 57.9 Å². The first-order chi connectivity index (χ1) is 14.0. The molecule has 2 heterocycles. The van der Waals surface area contributed by atoms with Crippen molar-refractivity contribution in [3.05, 3.63) is 69.2 Å². The molecule has 0 bridgehead atoms. The molecular weight excluding hydrogens is 468 g/mol. The summed E-state index contributed by atoms with van der Waals surface area (Å²) in [6, 6.07) is 14.7. The number of halogens is 1. The molecule has 0 aliphatic heterocycles. The fraction of sp³-hybridized carbons (Fsp3) is 0.190. The molecule has 0 saturated carbocycles. The fourth-order valence-corrected chi connectivity index (χ4v) is 4.68. The number of nitrogens with zero attached hydrogens (tertiary/aromatic N) is 4. The first-order valence-corrected chi connectivity index (χ1v) is 11.6. The SMILES string of the molecule is CC(C)(C#N)c1ccc(-n2c(=O)n(S(C)(=O)=O)c3cnc4ccc(Br)cc4c32)cc1. The van der Waals surface area contributed by atoms with Crippen LogP contribution in [0.5, 0.6) is 0 Å². The molecule has 0 spiro atoms. The summed E-state index contributed by atoms with van der Waals surface area (Å²) in [5, 5.41) is 10.0. The van der Waals surface area contributed by atoms with E-state index in [-0.39, 0.29) is 5.52 Å². The van der Waals surface area contributed by atoms with E-state index in [0.717, 1.165) is 20.3 Å². The minimum atomic E-state index is -3.87. The van der Waals surface area contributed by atoms with Crippen LogP contribution in [0.25, 0.3) is 27.6 Å². The van der Waals surface area contributed by atoms with Gasteiger partial charge < -0.3 is 0 Å². The highest BCUT2D eigenvalue weighted by Crippen LogP contribution is 2.29. The van der Waals surface area contributed by atoms with Crippen LogP contribution in [0.3, 0.4) is 0 Å². The number of benzene rings is 2. The first-order valence-electron chi connectivity index (χ1n) is 8.99. The summed E-state index contributed by atoms with van der Waals surface area (Å²) in [5.74, 6) is 0. The Morgan fingerprint density at radius 3 is 2.40 bits per heavy atom. The number of rotatable bonds is 3. The van der Waals surface area contributed by atoms with Gasteiger partial charge in [0.05, 0.1) is 40.7 Å². The smallest absolute Gasteiger partial charge is 0.259 e. The highest BCUT2D eigenvalue weighted by Gasteiger charge is 2.24. The molecule has 0 fully saturated rings.